The SMILES string of the molecule is COc1ccc(C(C)=O)cc1COCC1CCOC1. The molecule has 1 aromatic carbocycles. The van der Waals surface area contributed by atoms with Crippen LogP contribution in [0.25, 0.3) is 0 Å². The molecule has 1 unspecified atom stereocenters. The predicted molar refractivity (Wildman–Crippen MR) is 71.6 cm³/mol. The fourth-order valence-corrected chi connectivity index (χ4v) is 2.16. The minimum Gasteiger partial charge on any atom is -0.496 e. The zero-order valence-electron chi connectivity index (χ0n) is 11.5. The Balaban J connectivity index is 1.96. The number of hydrogen-bond donors (Lipinski definition) is 0. The Morgan fingerprint density at radius 2 is 2.32 bits per heavy atom. The Morgan fingerprint density at radius 1 is 1.47 bits per heavy atom. The summed E-state index contributed by atoms with van der Waals surface area (Å²) in [6.07, 6.45) is 1.06. The van der Waals surface area contributed by atoms with Gasteiger partial charge in [-0.25, -0.2) is 0 Å². The van der Waals surface area contributed by atoms with E-state index in [0.717, 1.165) is 30.9 Å². The maximum absolute atomic E-state index is 11.4. The third kappa shape index (κ3) is 3.78. The van der Waals surface area contributed by atoms with E-state index in [0.29, 0.717) is 24.7 Å². The second kappa shape index (κ2) is 6.68. The zero-order valence-corrected chi connectivity index (χ0v) is 11.5. The first-order chi connectivity index (χ1) is 9.20. The van der Waals surface area contributed by atoms with Gasteiger partial charge in [-0.2, -0.15) is 0 Å². The van der Waals surface area contributed by atoms with Gasteiger partial charge in [0.25, 0.3) is 0 Å². The summed E-state index contributed by atoms with van der Waals surface area (Å²) in [5.41, 5.74) is 1.60. The number of benzene rings is 1. The Morgan fingerprint density at radius 3 is 2.95 bits per heavy atom. The summed E-state index contributed by atoms with van der Waals surface area (Å²) >= 11 is 0. The Bertz CT molecular complexity index is 436. The van der Waals surface area contributed by atoms with Gasteiger partial charge in [0.2, 0.25) is 0 Å². The molecule has 1 saturated heterocycles. The summed E-state index contributed by atoms with van der Waals surface area (Å²) in [7, 11) is 1.62. The highest BCUT2D eigenvalue weighted by Crippen LogP contribution is 2.22. The molecule has 4 nitrogen and oxygen atoms in total. The van der Waals surface area contributed by atoms with E-state index in [4.69, 9.17) is 14.2 Å². The fourth-order valence-electron chi connectivity index (χ4n) is 2.16. The summed E-state index contributed by atoms with van der Waals surface area (Å²) in [4.78, 5) is 11.4. The van der Waals surface area contributed by atoms with Crippen LogP contribution in [0.3, 0.4) is 0 Å². The van der Waals surface area contributed by atoms with E-state index in [9.17, 15) is 4.79 Å². The van der Waals surface area contributed by atoms with Crippen molar-refractivity contribution in [2.45, 2.75) is 20.0 Å². The van der Waals surface area contributed by atoms with E-state index in [1.54, 1.807) is 20.1 Å². The lowest BCUT2D eigenvalue weighted by Crippen LogP contribution is -2.09. The number of carbonyl (C=O) groups excluding carboxylic acids is 1. The molecule has 1 aliphatic heterocycles. The molecular formula is C15H20O4. The second-order valence-electron chi connectivity index (χ2n) is 4.83. The number of ketones is 1. The van der Waals surface area contributed by atoms with Gasteiger partial charge in [0, 0.05) is 23.7 Å². The number of ether oxygens (including phenoxy) is 3. The van der Waals surface area contributed by atoms with Gasteiger partial charge >= 0.3 is 0 Å². The molecule has 0 bridgehead atoms. The maximum atomic E-state index is 11.4. The number of carbonyl (C=O) groups is 1. The molecule has 4 heteroatoms. The van der Waals surface area contributed by atoms with Crippen molar-refractivity contribution in [1.29, 1.82) is 0 Å². The van der Waals surface area contributed by atoms with E-state index in [1.165, 1.54) is 0 Å². The highest BCUT2D eigenvalue weighted by Gasteiger charge is 2.16. The average molecular weight is 264 g/mol. The van der Waals surface area contributed by atoms with E-state index in [-0.39, 0.29) is 5.78 Å². The van der Waals surface area contributed by atoms with Crippen LogP contribution in [0.5, 0.6) is 5.75 Å². The first-order valence-corrected chi connectivity index (χ1v) is 6.54. The first kappa shape index (κ1) is 14.0. The molecule has 0 aromatic heterocycles. The maximum Gasteiger partial charge on any atom is 0.159 e. The van der Waals surface area contributed by atoms with Crippen LogP contribution in [0.1, 0.15) is 29.3 Å². The normalized spacial score (nSPS) is 18.5. The standard InChI is InChI=1S/C15H20O4/c1-11(16)13-3-4-15(17-2)14(7-13)10-19-9-12-5-6-18-8-12/h3-4,7,12H,5-6,8-10H2,1-2H3. The molecule has 0 radical (unpaired) electrons. The molecule has 0 aliphatic carbocycles. The van der Waals surface area contributed by atoms with E-state index in [1.807, 2.05) is 12.1 Å². The largest absolute Gasteiger partial charge is 0.496 e. The molecule has 104 valence electrons. The quantitative estimate of drug-likeness (QED) is 0.740. The lowest BCUT2D eigenvalue weighted by Gasteiger charge is -2.12. The van der Waals surface area contributed by atoms with Crippen molar-refractivity contribution in [3.05, 3.63) is 29.3 Å². The fraction of sp³-hybridized carbons (Fsp3) is 0.533. The van der Waals surface area contributed by atoms with Gasteiger partial charge in [0.05, 0.1) is 26.9 Å². The molecule has 1 aromatic rings. The van der Waals surface area contributed by atoms with Crippen molar-refractivity contribution < 1.29 is 19.0 Å². The summed E-state index contributed by atoms with van der Waals surface area (Å²) in [6.45, 7) is 4.32. The minimum absolute atomic E-state index is 0.0492. The number of Topliss-reactive ketones (excluding diaryl/α,β-unsaturated/α-hetero) is 1. The molecule has 1 atom stereocenters. The monoisotopic (exact) mass is 264 g/mol. The number of hydrogen-bond acceptors (Lipinski definition) is 4. The molecule has 0 spiro atoms. The summed E-state index contributed by atoms with van der Waals surface area (Å²) < 4.78 is 16.3. The zero-order chi connectivity index (χ0) is 13.7. The van der Waals surface area contributed by atoms with E-state index < -0.39 is 0 Å². The van der Waals surface area contributed by atoms with Gasteiger partial charge in [-0.15, -0.1) is 0 Å². The number of methoxy groups -OCH3 is 1. The lowest BCUT2D eigenvalue weighted by atomic mass is 10.1. The lowest BCUT2D eigenvalue weighted by molar-refractivity contribution is 0.0779. The van der Waals surface area contributed by atoms with Crippen molar-refractivity contribution in [2.24, 2.45) is 5.92 Å². The summed E-state index contributed by atoms with van der Waals surface area (Å²) in [6, 6.07) is 5.43. The Kier molecular flexibility index (Phi) is 4.93. The minimum atomic E-state index is 0.0492. The molecular weight excluding hydrogens is 244 g/mol. The molecule has 1 heterocycles. The van der Waals surface area contributed by atoms with Gasteiger partial charge < -0.3 is 14.2 Å². The van der Waals surface area contributed by atoms with Crippen LogP contribution in [0.15, 0.2) is 18.2 Å². The molecule has 2 rings (SSSR count). The first-order valence-electron chi connectivity index (χ1n) is 6.54. The number of rotatable bonds is 6. The summed E-state index contributed by atoms with van der Waals surface area (Å²) in [5.74, 6) is 1.29. The van der Waals surface area contributed by atoms with Gasteiger partial charge in [0.1, 0.15) is 5.75 Å². The van der Waals surface area contributed by atoms with Gasteiger partial charge in [-0.1, -0.05) is 0 Å². The Hall–Kier alpha value is -1.39. The predicted octanol–water partition coefficient (Wildman–Crippen LogP) is 2.45. The summed E-state index contributed by atoms with van der Waals surface area (Å²) in [5, 5.41) is 0. The highest BCUT2D eigenvalue weighted by atomic mass is 16.5. The van der Waals surface area contributed by atoms with Crippen molar-refractivity contribution in [3.8, 4) is 5.75 Å². The molecule has 1 fully saturated rings. The van der Waals surface area contributed by atoms with Gasteiger partial charge in [-0.3, -0.25) is 4.79 Å². The topological polar surface area (TPSA) is 44.8 Å². The van der Waals surface area contributed by atoms with Crippen molar-refractivity contribution in [2.75, 3.05) is 26.9 Å². The van der Waals surface area contributed by atoms with Crippen LogP contribution in [0, 0.1) is 5.92 Å². The van der Waals surface area contributed by atoms with Crippen molar-refractivity contribution >= 4 is 5.78 Å². The molecule has 19 heavy (non-hydrogen) atoms. The highest BCUT2D eigenvalue weighted by molar-refractivity contribution is 5.94. The molecule has 0 amide bonds. The average Bonchev–Trinajstić information content (AvgIpc) is 2.91. The van der Waals surface area contributed by atoms with E-state index >= 15 is 0 Å². The van der Waals surface area contributed by atoms with Crippen LogP contribution >= 0.6 is 0 Å². The van der Waals surface area contributed by atoms with Gasteiger partial charge in [-0.05, 0) is 31.5 Å². The Labute approximate surface area is 113 Å². The second-order valence-corrected chi connectivity index (χ2v) is 4.83. The molecule has 0 saturated carbocycles. The van der Waals surface area contributed by atoms with Crippen LogP contribution in [0.2, 0.25) is 0 Å². The van der Waals surface area contributed by atoms with Crippen molar-refractivity contribution in [1.82, 2.24) is 0 Å². The third-order valence-electron chi connectivity index (χ3n) is 3.32. The third-order valence-corrected chi connectivity index (χ3v) is 3.32. The smallest absolute Gasteiger partial charge is 0.159 e. The molecule has 0 N–H and O–H groups in total. The van der Waals surface area contributed by atoms with Crippen LogP contribution < -0.4 is 4.74 Å². The van der Waals surface area contributed by atoms with Gasteiger partial charge in [0.15, 0.2) is 5.78 Å². The van der Waals surface area contributed by atoms with Crippen molar-refractivity contribution in [3.63, 3.8) is 0 Å². The molecule has 1 aliphatic rings. The van der Waals surface area contributed by atoms with E-state index in [2.05, 4.69) is 0 Å². The van der Waals surface area contributed by atoms with Crippen LogP contribution in [-0.2, 0) is 16.1 Å². The van der Waals surface area contributed by atoms with Crippen LogP contribution in [-0.4, -0.2) is 32.7 Å². The van der Waals surface area contributed by atoms with Crippen LogP contribution in [0.4, 0.5) is 0 Å².